The molecule has 0 aliphatic carbocycles. The zero-order chi connectivity index (χ0) is 17.7. The second-order valence-corrected chi connectivity index (χ2v) is 8.30. The third kappa shape index (κ3) is 5.09. The maximum absolute atomic E-state index is 12.3. The Morgan fingerprint density at radius 2 is 1.75 bits per heavy atom. The van der Waals surface area contributed by atoms with Crippen LogP contribution in [0.4, 0.5) is 0 Å². The monoisotopic (exact) mass is 461 g/mol. The molecule has 7 heteroatoms. The van der Waals surface area contributed by atoms with Crippen LogP contribution in [0.15, 0.2) is 41.3 Å². The molecule has 2 aromatic carbocycles. The minimum absolute atomic E-state index is 0.192. The number of benzene rings is 2. The van der Waals surface area contributed by atoms with Crippen LogP contribution in [-0.2, 0) is 10.0 Å². The lowest BCUT2D eigenvalue weighted by molar-refractivity contribution is 0.322. The molecule has 130 valence electrons. The molecule has 5 nitrogen and oxygen atoms in total. The molecule has 2 aromatic rings. The fraction of sp³-hybridized carbons (Fsp3) is 0.294. The van der Waals surface area contributed by atoms with Crippen LogP contribution in [0.2, 0.25) is 0 Å². The summed E-state index contributed by atoms with van der Waals surface area (Å²) in [5, 5.41) is 0. The van der Waals surface area contributed by atoms with E-state index in [-0.39, 0.29) is 18.0 Å². The molecule has 1 N–H and O–H groups in total. The maximum Gasteiger partial charge on any atom is 0.240 e. The smallest absolute Gasteiger partial charge is 0.240 e. The van der Waals surface area contributed by atoms with Gasteiger partial charge in [0, 0.05) is 6.54 Å². The standard InChI is InChI=1S/C17H20INO4S/c1-12-8-13(2)10-14(9-12)23-7-6-19-24(20,21)15-4-5-17(22-3)16(18)11-15/h4-5,8-11,19H,6-7H2,1-3H3. The summed E-state index contributed by atoms with van der Waals surface area (Å²) in [6, 6.07) is 10.6. The first-order valence-electron chi connectivity index (χ1n) is 7.36. The number of hydrogen-bond donors (Lipinski definition) is 1. The summed E-state index contributed by atoms with van der Waals surface area (Å²) >= 11 is 2.04. The normalized spacial score (nSPS) is 11.3. The van der Waals surface area contributed by atoms with Crippen molar-refractivity contribution in [2.45, 2.75) is 18.7 Å². The molecule has 0 fully saturated rings. The molecule has 0 saturated carbocycles. The van der Waals surface area contributed by atoms with E-state index in [4.69, 9.17) is 9.47 Å². The van der Waals surface area contributed by atoms with Crippen molar-refractivity contribution >= 4 is 32.6 Å². The van der Waals surface area contributed by atoms with Crippen molar-refractivity contribution in [2.75, 3.05) is 20.3 Å². The van der Waals surface area contributed by atoms with E-state index in [2.05, 4.69) is 10.8 Å². The first-order valence-corrected chi connectivity index (χ1v) is 9.92. The van der Waals surface area contributed by atoms with Crippen molar-refractivity contribution < 1.29 is 17.9 Å². The third-order valence-electron chi connectivity index (χ3n) is 3.29. The van der Waals surface area contributed by atoms with Crippen LogP contribution in [-0.4, -0.2) is 28.7 Å². The summed E-state index contributed by atoms with van der Waals surface area (Å²) < 4.78 is 38.6. The molecule has 0 amide bonds. The number of aryl methyl sites for hydroxylation is 2. The Balaban J connectivity index is 1.94. The highest BCUT2D eigenvalue weighted by Crippen LogP contribution is 2.23. The zero-order valence-electron chi connectivity index (χ0n) is 13.8. The van der Waals surface area contributed by atoms with Gasteiger partial charge in [-0.25, -0.2) is 13.1 Å². The van der Waals surface area contributed by atoms with E-state index in [1.807, 2.05) is 48.6 Å². The Bertz CT molecular complexity index is 801. The maximum atomic E-state index is 12.3. The summed E-state index contributed by atoms with van der Waals surface area (Å²) in [6.07, 6.45) is 0. The van der Waals surface area contributed by atoms with Crippen LogP contribution in [0.1, 0.15) is 11.1 Å². The van der Waals surface area contributed by atoms with Gasteiger partial charge in [0.05, 0.1) is 15.6 Å². The Labute approximate surface area is 156 Å². The molecule has 0 unspecified atom stereocenters. The summed E-state index contributed by atoms with van der Waals surface area (Å²) in [4.78, 5) is 0.208. The van der Waals surface area contributed by atoms with Gasteiger partial charge in [0.2, 0.25) is 10.0 Å². The molecule has 0 radical (unpaired) electrons. The van der Waals surface area contributed by atoms with Crippen molar-refractivity contribution in [3.63, 3.8) is 0 Å². The van der Waals surface area contributed by atoms with E-state index in [0.29, 0.717) is 5.75 Å². The summed E-state index contributed by atoms with van der Waals surface area (Å²) in [6.45, 7) is 4.44. The molecule has 0 bridgehead atoms. The summed E-state index contributed by atoms with van der Waals surface area (Å²) in [5.74, 6) is 1.39. The van der Waals surface area contributed by atoms with Gasteiger partial charge in [-0.1, -0.05) is 6.07 Å². The van der Waals surface area contributed by atoms with Gasteiger partial charge in [-0.3, -0.25) is 0 Å². The van der Waals surface area contributed by atoms with Gasteiger partial charge >= 0.3 is 0 Å². The highest BCUT2D eigenvalue weighted by atomic mass is 127. The molecule has 0 aliphatic heterocycles. The fourth-order valence-corrected chi connectivity index (χ4v) is 4.24. The topological polar surface area (TPSA) is 64.6 Å². The quantitative estimate of drug-likeness (QED) is 0.508. The number of methoxy groups -OCH3 is 1. The average molecular weight is 461 g/mol. The van der Waals surface area contributed by atoms with Crippen molar-refractivity contribution in [1.82, 2.24) is 4.72 Å². The lowest BCUT2D eigenvalue weighted by Gasteiger charge is -2.11. The molecule has 0 spiro atoms. The van der Waals surface area contributed by atoms with Gasteiger partial charge in [-0.15, -0.1) is 0 Å². The van der Waals surface area contributed by atoms with E-state index < -0.39 is 10.0 Å². The van der Waals surface area contributed by atoms with Crippen LogP contribution in [0.5, 0.6) is 11.5 Å². The first-order chi connectivity index (χ1) is 11.3. The molecule has 2 rings (SSSR count). The number of nitrogens with one attached hydrogen (secondary N) is 1. The van der Waals surface area contributed by atoms with E-state index in [1.54, 1.807) is 19.2 Å². The largest absolute Gasteiger partial charge is 0.496 e. The molecular formula is C17H20INO4S. The van der Waals surface area contributed by atoms with Crippen molar-refractivity contribution in [2.24, 2.45) is 0 Å². The van der Waals surface area contributed by atoms with Gasteiger partial charge in [-0.05, 0) is 77.9 Å². The minimum Gasteiger partial charge on any atom is -0.496 e. The van der Waals surface area contributed by atoms with Gasteiger partial charge in [0.1, 0.15) is 18.1 Å². The first kappa shape index (κ1) is 19.0. The minimum atomic E-state index is -3.57. The van der Waals surface area contributed by atoms with Gasteiger partial charge in [0.15, 0.2) is 0 Å². The third-order valence-corrected chi connectivity index (χ3v) is 5.59. The summed E-state index contributed by atoms with van der Waals surface area (Å²) in [7, 11) is -2.02. The molecule has 0 aliphatic rings. The lowest BCUT2D eigenvalue weighted by Crippen LogP contribution is -2.28. The van der Waals surface area contributed by atoms with Gasteiger partial charge < -0.3 is 9.47 Å². The number of rotatable bonds is 7. The van der Waals surface area contributed by atoms with Crippen LogP contribution >= 0.6 is 22.6 Å². The van der Waals surface area contributed by atoms with Crippen LogP contribution in [0.25, 0.3) is 0 Å². The van der Waals surface area contributed by atoms with Gasteiger partial charge in [-0.2, -0.15) is 0 Å². The Morgan fingerprint density at radius 1 is 1.08 bits per heavy atom. The lowest BCUT2D eigenvalue weighted by atomic mass is 10.1. The van der Waals surface area contributed by atoms with Crippen LogP contribution in [0.3, 0.4) is 0 Å². The molecule has 0 heterocycles. The van der Waals surface area contributed by atoms with E-state index in [9.17, 15) is 8.42 Å². The van der Waals surface area contributed by atoms with Gasteiger partial charge in [0.25, 0.3) is 0 Å². The van der Waals surface area contributed by atoms with Crippen molar-refractivity contribution in [3.05, 3.63) is 51.1 Å². The predicted molar refractivity (Wildman–Crippen MR) is 102 cm³/mol. The van der Waals surface area contributed by atoms with E-state index >= 15 is 0 Å². The molecule has 0 aromatic heterocycles. The molecular weight excluding hydrogens is 441 g/mol. The van der Waals surface area contributed by atoms with E-state index in [1.165, 1.54) is 6.07 Å². The molecule has 0 atom stereocenters. The van der Waals surface area contributed by atoms with Crippen LogP contribution in [0, 0.1) is 17.4 Å². The van der Waals surface area contributed by atoms with Crippen molar-refractivity contribution in [3.8, 4) is 11.5 Å². The zero-order valence-corrected chi connectivity index (χ0v) is 16.8. The second-order valence-electron chi connectivity index (χ2n) is 5.37. The Kier molecular flexibility index (Phi) is 6.47. The SMILES string of the molecule is COc1ccc(S(=O)(=O)NCCOc2cc(C)cc(C)c2)cc1I. The van der Waals surface area contributed by atoms with Crippen LogP contribution < -0.4 is 14.2 Å². The Morgan fingerprint density at radius 3 is 2.33 bits per heavy atom. The number of halogens is 1. The average Bonchev–Trinajstić information content (AvgIpc) is 2.50. The number of ether oxygens (including phenoxy) is 2. The summed E-state index contributed by atoms with van der Waals surface area (Å²) in [5.41, 5.74) is 2.22. The molecule has 24 heavy (non-hydrogen) atoms. The second kappa shape index (κ2) is 8.17. The highest BCUT2D eigenvalue weighted by molar-refractivity contribution is 14.1. The van der Waals surface area contributed by atoms with Crippen molar-refractivity contribution in [1.29, 1.82) is 0 Å². The highest BCUT2D eigenvalue weighted by Gasteiger charge is 2.15. The number of hydrogen-bond acceptors (Lipinski definition) is 4. The fourth-order valence-electron chi connectivity index (χ4n) is 2.26. The number of sulfonamides is 1. The Hall–Kier alpha value is -1.32. The molecule has 0 saturated heterocycles. The predicted octanol–water partition coefficient (Wildman–Crippen LogP) is 3.27. The van der Waals surface area contributed by atoms with E-state index in [0.717, 1.165) is 20.4 Å².